The van der Waals surface area contributed by atoms with Crippen LogP contribution in [0, 0.1) is 5.82 Å². The van der Waals surface area contributed by atoms with Crippen LogP contribution in [0.5, 0.6) is 0 Å². The lowest BCUT2D eigenvalue weighted by Gasteiger charge is -2.16. The third-order valence-corrected chi connectivity index (χ3v) is 4.61. The van der Waals surface area contributed by atoms with Crippen LogP contribution in [0.25, 0.3) is 5.69 Å². The molecule has 7 heteroatoms. The van der Waals surface area contributed by atoms with Crippen LogP contribution in [0.15, 0.2) is 54.6 Å². The van der Waals surface area contributed by atoms with Gasteiger partial charge in [0.15, 0.2) is 5.82 Å². The molecule has 132 valence electrons. The minimum Gasteiger partial charge on any atom is -0.476 e. The summed E-state index contributed by atoms with van der Waals surface area (Å²) in [5, 5.41) is 18.0. The molecule has 4 rings (SSSR count). The van der Waals surface area contributed by atoms with Crippen LogP contribution >= 0.6 is 0 Å². The second kappa shape index (κ2) is 6.59. The van der Waals surface area contributed by atoms with Crippen molar-refractivity contribution in [2.75, 3.05) is 18.0 Å². The lowest BCUT2D eigenvalue weighted by atomic mass is 9.99. The van der Waals surface area contributed by atoms with Crippen molar-refractivity contribution in [2.24, 2.45) is 0 Å². The highest BCUT2D eigenvalue weighted by Crippen LogP contribution is 2.31. The Kier molecular flexibility index (Phi) is 4.12. The van der Waals surface area contributed by atoms with Gasteiger partial charge in [-0.3, -0.25) is 0 Å². The molecule has 2 aromatic carbocycles. The summed E-state index contributed by atoms with van der Waals surface area (Å²) in [6, 6.07) is 15.8. The number of aromatic carboxylic acids is 1. The number of carboxylic acids is 1. The molecule has 0 saturated carbocycles. The molecule has 1 N–H and O–H groups in total. The van der Waals surface area contributed by atoms with Crippen molar-refractivity contribution in [2.45, 2.75) is 12.3 Å². The smallest absolute Gasteiger partial charge is 0.360 e. The lowest BCUT2D eigenvalue weighted by Crippen LogP contribution is -2.22. The molecule has 0 bridgehead atoms. The Bertz CT molecular complexity index is 924. The van der Waals surface area contributed by atoms with Gasteiger partial charge in [-0.05, 0) is 36.2 Å². The number of hydrogen-bond acceptors (Lipinski definition) is 4. The van der Waals surface area contributed by atoms with Gasteiger partial charge in [0.1, 0.15) is 5.82 Å². The molecule has 0 aliphatic carbocycles. The largest absolute Gasteiger partial charge is 0.476 e. The molecule has 1 aliphatic heterocycles. The fourth-order valence-electron chi connectivity index (χ4n) is 3.29. The highest BCUT2D eigenvalue weighted by molar-refractivity contribution is 5.91. The fourth-order valence-corrected chi connectivity index (χ4v) is 3.29. The summed E-state index contributed by atoms with van der Waals surface area (Å²) in [6.45, 7) is 1.40. The molecule has 6 nitrogen and oxygen atoms in total. The van der Waals surface area contributed by atoms with E-state index in [1.165, 1.54) is 34.6 Å². The third kappa shape index (κ3) is 3.03. The maximum absolute atomic E-state index is 13.1. The maximum atomic E-state index is 13.1. The molecular formula is C19H17FN4O2. The first-order valence-electron chi connectivity index (χ1n) is 8.38. The van der Waals surface area contributed by atoms with Gasteiger partial charge < -0.3 is 10.0 Å². The molecule has 0 amide bonds. The van der Waals surface area contributed by atoms with E-state index in [1.54, 1.807) is 0 Å². The van der Waals surface area contributed by atoms with Gasteiger partial charge in [-0.25, -0.2) is 9.18 Å². The minimum absolute atomic E-state index is 0.0944. The van der Waals surface area contributed by atoms with Gasteiger partial charge in [0, 0.05) is 19.0 Å². The van der Waals surface area contributed by atoms with Crippen molar-refractivity contribution in [3.05, 3.63) is 71.7 Å². The Morgan fingerprint density at radius 1 is 1.08 bits per heavy atom. The fraction of sp³-hybridized carbons (Fsp3) is 0.211. The Hall–Kier alpha value is -3.22. The number of halogens is 1. The zero-order valence-electron chi connectivity index (χ0n) is 13.9. The number of rotatable bonds is 4. The van der Waals surface area contributed by atoms with Crippen LogP contribution in [0.2, 0.25) is 0 Å². The van der Waals surface area contributed by atoms with E-state index in [1.807, 2.05) is 23.1 Å². The summed E-state index contributed by atoms with van der Waals surface area (Å²) < 4.78 is 13.1. The van der Waals surface area contributed by atoms with Gasteiger partial charge in [-0.15, -0.1) is 15.0 Å². The molecule has 1 aliphatic rings. The summed E-state index contributed by atoms with van der Waals surface area (Å²) in [5.74, 6) is -0.824. The number of nitrogens with zero attached hydrogens (tertiary/aromatic N) is 4. The molecule has 0 spiro atoms. The van der Waals surface area contributed by atoms with Crippen molar-refractivity contribution >= 4 is 11.8 Å². The number of anilines is 1. The highest BCUT2D eigenvalue weighted by atomic mass is 19.1. The van der Waals surface area contributed by atoms with Gasteiger partial charge >= 0.3 is 5.97 Å². The predicted octanol–water partition coefficient (Wildman–Crippen LogP) is 3.10. The Labute approximate surface area is 149 Å². The van der Waals surface area contributed by atoms with E-state index in [0.29, 0.717) is 30.5 Å². The molecule has 1 aromatic heterocycles. The van der Waals surface area contributed by atoms with Gasteiger partial charge in [0.2, 0.25) is 5.69 Å². The minimum atomic E-state index is -1.13. The predicted molar refractivity (Wildman–Crippen MR) is 94.3 cm³/mol. The molecule has 1 atom stereocenters. The number of hydrogen-bond donors (Lipinski definition) is 1. The quantitative estimate of drug-likeness (QED) is 0.781. The summed E-state index contributed by atoms with van der Waals surface area (Å²) in [6.07, 6.45) is 0.923. The van der Waals surface area contributed by atoms with Gasteiger partial charge in [0.25, 0.3) is 0 Å². The standard InChI is InChI=1S/C19H17FN4O2/c20-15-6-8-16(9-7-15)24-21-17(19(25)26)18(22-24)23-11-10-14(12-23)13-4-2-1-3-5-13/h1-9,14H,10-12H2,(H,25,26)/t14-/m0/s1. The normalized spacial score (nSPS) is 16.8. The second-order valence-corrected chi connectivity index (χ2v) is 6.29. The first-order valence-corrected chi connectivity index (χ1v) is 8.38. The topological polar surface area (TPSA) is 71.2 Å². The average Bonchev–Trinajstić information content (AvgIpc) is 3.30. The zero-order valence-corrected chi connectivity index (χ0v) is 13.9. The molecule has 1 saturated heterocycles. The number of carboxylic acid groups (broad SMARTS) is 1. The monoisotopic (exact) mass is 352 g/mol. The first-order chi connectivity index (χ1) is 12.6. The van der Waals surface area contributed by atoms with E-state index >= 15 is 0 Å². The van der Waals surface area contributed by atoms with Gasteiger partial charge in [-0.2, -0.15) is 0 Å². The van der Waals surface area contributed by atoms with Crippen molar-refractivity contribution in [1.29, 1.82) is 0 Å². The first kappa shape index (κ1) is 16.3. The molecule has 0 radical (unpaired) electrons. The van der Waals surface area contributed by atoms with Crippen molar-refractivity contribution in [3.63, 3.8) is 0 Å². The van der Waals surface area contributed by atoms with Crippen molar-refractivity contribution < 1.29 is 14.3 Å². The SMILES string of the molecule is O=C(O)c1nn(-c2ccc(F)cc2)nc1N1CC[C@H](c2ccccc2)C1. The zero-order chi connectivity index (χ0) is 18.1. The van der Waals surface area contributed by atoms with Crippen LogP contribution in [-0.2, 0) is 0 Å². The van der Waals surface area contributed by atoms with Crippen LogP contribution in [0.4, 0.5) is 10.2 Å². The summed E-state index contributed by atoms with van der Waals surface area (Å²) in [7, 11) is 0. The molecular weight excluding hydrogens is 335 g/mol. The van der Waals surface area contributed by atoms with E-state index in [0.717, 1.165) is 6.42 Å². The van der Waals surface area contributed by atoms with Gasteiger partial charge in [0.05, 0.1) is 5.69 Å². The maximum Gasteiger partial charge on any atom is 0.360 e. The Morgan fingerprint density at radius 3 is 2.50 bits per heavy atom. The van der Waals surface area contributed by atoms with Gasteiger partial charge in [-0.1, -0.05) is 30.3 Å². The number of benzene rings is 2. The molecule has 26 heavy (non-hydrogen) atoms. The molecule has 3 aromatic rings. The summed E-state index contributed by atoms with van der Waals surface area (Å²) in [5.41, 5.74) is 1.65. The van der Waals surface area contributed by atoms with E-state index in [2.05, 4.69) is 22.3 Å². The number of aromatic nitrogens is 3. The van der Waals surface area contributed by atoms with Crippen LogP contribution < -0.4 is 4.90 Å². The Morgan fingerprint density at radius 2 is 1.81 bits per heavy atom. The second-order valence-electron chi connectivity index (χ2n) is 6.29. The summed E-state index contributed by atoms with van der Waals surface area (Å²) >= 11 is 0. The van der Waals surface area contributed by atoms with E-state index in [-0.39, 0.29) is 11.5 Å². The molecule has 0 unspecified atom stereocenters. The highest BCUT2D eigenvalue weighted by Gasteiger charge is 2.30. The summed E-state index contributed by atoms with van der Waals surface area (Å²) in [4.78, 5) is 14.8. The van der Waals surface area contributed by atoms with E-state index in [9.17, 15) is 14.3 Å². The lowest BCUT2D eigenvalue weighted by molar-refractivity contribution is 0.0690. The van der Waals surface area contributed by atoms with Crippen molar-refractivity contribution in [1.82, 2.24) is 15.0 Å². The van der Waals surface area contributed by atoms with Crippen molar-refractivity contribution in [3.8, 4) is 5.69 Å². The van der Waals surface area contributed by atoms with Crippen LogP contribution in [0.3, 0.4) is 0 Å². The van der Waals surface area contributed by atoms with E-state index in [4.69, 9.17) is 0 Å². The average molecular weight is 352 g/mol. The Balaban J connectivity index is 1.64. The molecule has 1 fully saturated rings. The van der Waals surface area contributed by atoms with Crippen LogP contribution in [-0.4, -0.2) is 39.2 Å². The third-order valence-electron chi connectivity index (χ3n) is 4.61. The number of carbonyl (C=O) groups is 1. The van der Waals surface area contributed by atoms with E-state index < -0.39 is 5.97 Å². The van der Waals surface area contributed by atoms with Crippen LogP contribution in [0.1, 0.15) is 28.4 Å². The molecule has 2 heterocycles.